The zero-order chi connectivity index (χ0) is 28.6. The molecule has 7 rings (SSSR count). The molecule has 206 valence electrons. The average Bonchev–Trinajstić information content (AvgIpc) is 3.82. The second-order valence-electron chi connectivity index (χ2n) is 9.76. The third kappa shape index (κ3) is 4.58. The molecule has 10 heteroatoms. The highest BCUT2D eigenvalue weighted by molar-refractivity contribution is 6.06. The van der Waals surface area contributed by atoms with Gasteiger partial charge < -0.3 is 14.2 Å². The Labute approximate surface area is 240 Å². The number of aromatic nitrogens is 6. The molecule has 42 heavy (non-hydrogen) atoms. The maximum absolute atomic E-state index is 13.2. The first-order chi connectivity index (χ1) is 20.6. The molecule has 5 heterocycles. The minimum atomic E-state index is -0.254. The lowest BCUT2D eigenvalue weighted by Gasteiger charge is -2.09. The Balaban J connectivity index is 1.14. The molecule has 0 atom stereocenters. The number of nitrogens with one attached hydrogen (secondary N) is 1. The van der Waals surface area contributed by atoms with Gasteiger partial charge in [-0.3, -0.25) is 4.79 Å². The van der Waals surface area contributed by atoms with Crippen LogP contribution in [0.4, 0.5) is 5.69 Å². The number of benzene rings is 2. The van der Waals surface area contributed by atoms with Gasteiger partial charge in [0.1, 0.15) is 11.4 Å². The molecule has 0 radical (unpaired) electrons. The Kier molecular flexibility index (Phi) is 6.27. The van der Waals surface area contributed by atoms with Crippen molar-refractivity contribution in [2.45, 2.75) is 26.7 Å². The van der Waals surface area contributed by atoms with Crippen LogP contribution >= 0.6 is 0 Å². The van der Waals surface area contributed by atoms with Crippen LogP contribution in [0.5, 0.6) is 0 Å². The van der Waals surface area contributed by atoms with Crippen LogP contribution in [-0.4, -0.2) is 35.5 Å². The number of hydrogen-bond donors (Lipinski definition) is 1. The average molecular weight is 556 g/mol. The van der Waals surface area contributed by atoms with Gasteiger partial charge in [-0.2, -0.15) is 5.10 Å². The first kappa shape index (κ1) is 25.3. The Morgan fingerprint density at radius 1 is 0.762 bits per heavy atom. The van der Waals surface area contributed by atoms with E-state index in [-0.39, 0.29) is 5.91 Å². The van der Waals surface area contributed by atoms with Crippen molar-refractivity contribution in [1.29, 1.82) is 0 Å². The van der Waals surface area contributed by atoms with E-state index in [1.165, 1.54) is 0 Å². The van der Waals surface area contributed by atoms with Gasteiger partial charge in [0.15, 0.2) is 0 Å². The fourth-order valence-corrected chi connectivity index (χ4v) is 4.91. The van der Waals surface area contributed by atoms with E-state index in [4.69, 9.17) is 18.8 Å². The number of rotatable bonds is 7. The van der Waals surface area contributed by atoms with E-state index in [0.717, 1.165) is 46.6 Å². The molecule has 0 unspecified atom stereocenters. The molecular formula is C32H25N7O3. The SMILES string of the molecule is CCc1nc2nc(-c3ccc(NC(=O)c4ccc5nc(-c6ccoc6)c(-c6ccoc6)nc5c4)cc3)cn2nc1CC. The van der Waals surface area contributed by atoms with E-state index < -0.39 is 0 Å². The number of furan rings is 2. The molecule has 2 aromatic carbocycles. The van der Waals surface area contributed by atoms with Gasteiger partial charge in [-0.15, -0.1) is 0 Å². The molecule has 0 fully saturated rings. The number of anilines is 1. The summed E-state index contributed by atoms with van der Waals surface area (Å²) in [7, 11) is 0. The maximum atomic E-state index is 13.2. The molecule has 0 saturated carbocycles. The molecule has 7 aromatic rings. The van der Waals surface area contributed by atoms with Gasteiger partial charge in [0, 0.05) is 27.9 Å². The molecule has 0 bridgehead atoms. The summed E-state index contributed by atoms with van der Waals surface area (Å²) in [6.45, 7) is 4.14. The predicted octanol–water partition coefficient (Wildman–Crippen LogP) is 6.63. The van der Waals surface area contributed by atoms with Crippen LogP contribution in [0.3, 0.4) is 0 Å². The van der Waals surface area contributed by atoms with Crippen molar-refractivity contribution >= 4 is 28.4 Å². The quantitative estimate of drug-likeness (QED) is 0.232. The third-order valence-corrected chi connectivity index (χ3v) is 7.09. The molecule has 10 nitrogen and oxygen atoms in total. The Bertz CT molecular complexity index is 2000. The van der Waals surface area contributed by atoms with Gasteiger partial charge in [-0.05, 0) is 55.3 Å². The van der Waals surface area contributed by atoms with E-state index in [1.807, 2.05) is 42.6 Å². The molecular weight excluding hydrogens is 530 g/mol. The van der Waals surface area contributed by atoms with Crippen LogP contribution in [0.1, 0.15) is 35.6 Å². The summed E-state index contributed by atoms with van der Waals surface area (Å²) in [5.74, 6) is 0.319. The normalized spacial score (nSPS) is 11.4. The Morgan fingerprint density at radius 2 is 1.45 bits per heavy atom. The largest absolute Gasteiger partial charge is 0.472 e. The van der Waals surface area contributed by atoms with Crippen LogP contribution in [0.2, 0.25) is 0 Å². The van der Waals surface area contributed by atoms with Crippen LogP contribution < -0.4 is 5.32 Å². The van der Waals surface area contributed by atoms with Gasteiger partial charge >= 0.3 is 0 Å². The lowest BCUT2D eigenvalue weighted by Crippen LogP contribution is -2.12. The number of nitrogens with zero attached hydrogens (tertiary/aromatic N) is 6. The topological polar surface area (TPSA) is 124 Å². The summed E-state index contributed by atoms with van der Waals surface area (Å²) in [6, 6.07) is 16.5. The summed E-state index contributed by atoms with van der Waals surface area (Å²) in [5.41, 5.74) is 8.88. The summed E-state index contributed by atoms with van der Waals surface area (Å²) in [6.07, 6.45) is 9.92. The minimum Gasteiger partial charge on any atom is -0.472 e. The maximum Gasteiger partial charge on any atom is 0.255 e. The number of aryl methyl sites for hydroxylation is 2. The zero-order valence-electron chi connectivity index (χ0n) is 22.9. The van der Waals surface area contributed by atoms with Crippen molar-refractivity contribution in [1.82, 2.24) is 29.5 Å². The van der Waals surface area contributed by atoms with Crippen molar-refractivity contribution in [3.05, 3.63) is 103 Å². The minimum absolute atomic E-state index is 0.254. The molecule has 0 aliphatic heterocycles. The van der Waals surface area contributed by atoms with Gasteiger partial charge in [0.25, 0.3) is 11.7 Å². The molecule has 5 aromatic heterocycles. The Hall–Kier alpha value is -5.64. The van der Waals surface area contributed by atoms with E-state index in [1.54, 1.807) is 47.8 Å². The lowest BCUT2D eigenvalue weighted by molar-refractivity contribution is 0.102. The fourth-order valence-electron chi connectivity index (χ4n) is 4.91. The number of hydrogen-bond acceptors (Lipinski definition) is 8. The standard InChI is InChI=1S/C32H25N7O3/c1-3-24-25(4-2)38-39-16-28(37-32(39)36-24)19-5-8-23(9-6-19)33-31(40)20-7-10-26-27(15-20)35-30(22-12-14-42-18-22)29(34-26)21-11-13-41-17-21/h5-18H,3-4H2,1-2H3,(H,33,40). The highest BCUT2D eigenvalue weighted by atomic mass is 16.3. The highest BCUT2D eigenvalue weighted by Gasteiger charge is 2.17. The van der Waals surface area contributed by atoms with E-state index in [0.29, 0.717) is 39.4 Å². The summed E-state index contributed by atoms with van der Waals surface area (Å²) >= 11 is 0. The van der Waals surface area contributed by atoms with Crippen molar-refractivity contribution < 1.29 is 13.6 Å². The van der Waals surface area contributed by atoms with Gasteiger partial charge in [0.05, 0.1) is 59.4 Å². The van der Waals surface area contributed by atoms with E-state index in [9.17, 15) is 4.79 Å². The van der Waals surface area contributed by atoms with Gasteiger partial charge in [-0.1, -0.05) is 26.0 Å². The van der Waals surface area contributed by atoms with Crippen LogP contribution in [0, 0.1) is 0 Å². The first-order valence-corrected chi connectivity index (χ1v) is 13.6. The third-order valence-electron chi connectivity index (χ3n) is 7.09. The number of imidazole rings is 1. The number of amides is 1. The monoisotopic (exact) mass is 555 g/mol. The molecule has 0 saturated heterocycles. The van der Waals surface area contributed by atoms with E-state index >= 15 is 0 Å². The second-order valence-corrected chi connectivity index (χ2v) is 9.76. The number of carbonyl (C=O) groups excluding carboxylic acids is 1. The molecule has 0 spiro atoms. The van der Waals surface area contributed by atoms with Crippen molar-refractivity contribution in [3.8, 4) is 33.8 Å². The van der Waals surface area contributed by atoms with E-state index in [2.05, 4.69) is 34.2 Å². The van der Waals surface area contributed by atoms with Crippen LogP contribution in [0.25, 0.3) is 50.6 Å². The molecule has 1 N–H and O–H groups in total. The van der Waals surface area contributed by atoms with Gasteiger partial charge in [0.2, 0.25) is 0 Å². The first-order valence-electron chi connectivity index (χ1n) is 13.6. The van der Waals surface area contributed by atoms with Crippen molar-refractivity contribution in [2.24, 2.45) is 0 Å². The second kappa shape index (κ2) is 10.4. The van der Waals surface area contributed by atoms with Crippen LogP contribution in [0.15, 0.2) is 94.7 Å². The highest BCUT2D eigenvalue weighted by Crippen LogP contribution is 2.32. The Morgan fingerprint density at radius 3 is 2.10 bits per heavy atom. The number of fused-ring (bicyclic) bond motifs is 2. The van der Waals surface area contributed by atoms with Gasteiger partial charge in [-0.25, -0.2) is 24.5 Å². The van der Waals surface area contributed by atoms with Crippen molar-refractivity contribution in [2.75, 3.05) is 5.32 Å². The number of carbonyl (C=O) groups is 1. The fraction of sp³-hybridized carbons (Fsp3) is 0.125. The van der Waals surface area contributed by atoms with Crippen molar-refractivity contribution in [3.63, 3.8) is 0 Å². The summed E-state index contributed by atoms with van der Waals surface area (Å²) in [4.78, 5) is 32.2. The summed E-state index contributed by atoms with van der Waals surface area (Å²) < 4.78 is 12.3. The molecule has 1 amide bonds. The summed E-state index contributed by atoms with van der Waals surface area (Å²) in [5, 5.41) is 7.65. The predicted molar refractivity (Wildman–Crippen MR) is 158 cm³/mol. The lowest BCUT2D eigenvalue weighted by atomic mass is 10.1. The zero-order valence-corrected chi connectivity index (χ0v) is 22.9. The van der Waals surface area contributed by atoms with Crippen LogP contribution in [-0.2, 0) is 12.8 Å². The molecule has 0 aliphatic carbocycles. The molecule has 0 aliphatic rings. The smallest absolute Gasteiger partial charge is 0.255 e.